The molecule has 1 aliphatic carbocycles. The van der Waals surface area contributed by atoms with E-state index in [4.69, 9.17) is 4.74 Å². The number of aromatic nitrogens is 3. The summed E-state index contributed by atoms with van der Waals surface area (Å²) >= 11 is 0. The lowest BCUT2D eigenvalue weighted by atomic mass is 9.64. The average molecular weight is 601 g/mol. The zero-order valence-electron chi connectivity index (χ0n) is 22.1. The highest BCUT2D eigenvalue weighted by Gasteiger charge is 2.51. The minimum Gasteiger partial charge on any atom is -0.497 e. The first-order chi connectivity index (χ1) is 20.0. The van der Waals surface area contributed by atoms with Gasteiger partial charge in [0.25, 0.3) is 0 Å². The van der Waals surface area contributed by atoms with Gasteiger partial charge in [0.1, 0.15) is 17.7 Å². The molecule has 13 heteroatoms. The van der Waals surface area contributed by atoms with E-state index in [0.717, 1.165) is 4.31 Å². The number of aliphatic hydroxyl groups is 1. The SMILES string of the molecule is COc1ccnc(C(O)[C@]23Cc4cnn(-c5ccc(F)cc5)c4C=C2CCN(S(=O)(=O)c2cc(F)c(F)c(F)c2)C3)c1. The average Bonchev–Trinajstić information content (AvgIpc) is 3.40. The maximum absolute atomic E-state index is 14.0. The fourth-order valence-corrected chi connectivity index (χ4v) is 7.27. The van der Waals surface area contributed by atoms with Crippen molar-refractivity contribution in [2.45, 2.75) is 23.8 Å². The number of nitrogens with zero attached hydrogens (tertiary/aromatic N) is 4. The predicted molar refractivity (Wildman–Crippen MR) is 143 cm³/mol. The summed E-state index contributed by atoms with van der Waals surface area (Å²) in [7, 11) is -3.05. The Morgan fingerprint density at radius 2 is 1.76 bits per heavy atom. The zero-order valence-corrected chi connectivity index (χ0v) is 23.0. The second-order valence-corrected chi connectivity index (χ2v) is 12.2. The molecule has 2 aliphatic rings. The normalized spacial score (nSPS) is 19.5. The van der Waals surface area contributed by atoms with Crippen molar-refractivity contribution in [1.82, 2.24) is 19.1 Å². The first-order valence-corrected chi connectivity index (χ1v) is 14.3. The second kappa shape index (κ2) is 10.3. The molecule has 3 heterocycles. The molecule has 0 spiro atoms. The van der Waals surface area contributed by atoms with Crippen LogP contribution < -0.4 is 4.74 Å². The molecular weight excluding hydrogens is 576 g/mol. The van der Waals surface area contributed by atoms with Crippen LogP contribution in [-0.2, 0) is 16.4 Å². The molecule has 2 aromatic heterocycles. The number of halogens is 4. The predicted octanol–water partition coefficient (Wildman–Crippen LogP) is 4.59. The van der Waals surface area contributed by atoms with Crippen LogP contribution in [0.4, 0.5) is 17.6 Å². The van der Waals surface area contributed by atoms with Crippen molar-refractivity contribution in [3.63, 3.8) is 0 Å². The van der Waals surface area contributed by atoms with Gasteiger partial charge in [-0.3, -0.25) is 4.98 Å². The minimum absolute atomic E-state index is 0.0746. The summed E-state index contributed by atoms with van der Waals surface area (Å²) in [5, 5.41) is 16.4. The van der Waals surface area contributed by atoms with Gasteiger partial charge < -0.3 is 9.84 Å². The maximum Gasteiger partial charge on any atom is 0.243 e. The van der Waals surface area contributed by atoms with E-state index in [1.807, 2.05) is 6.08 Å². The molecule has 8 nitrogen and oxygen atoms in total. The van der Waals surface area contributed by atoms with Gasteiger partial charge in [-0.1, -0.05) is 5.57 Å². The molecule has 218 valence electrons. The van der Waals surface area contributed by atoms with E-state index >= 15 is 0 Å². The summed E-state index contributed by atoms with van der Waals surface area (Å²) in [5.41, 5.74) is 1.66. The van der Waals surface area contributed by atoms with Gasteiger partial charge in [0.2, 0.25) is 10.0 Å². The Balaban J connectivity index is 1.46. The smallest absolute Gasteiger partial charge is 0.243 e. The van der Waals surface area contributed by atoms with Gasteiger partial charge in [0, 0.05) is 30.8 Å². The summed E-state index contributed by atoms with van der Waals surface area (Å²) in [6, 6.07) is 9.81. The second-order valence-electron chi connectivity index (χ2n) is 10.3. The number of aliphatic hydroxyl groups excluding tert-OH is 1. The molecule has 0 radical (unpaired) electrons. The Labute approximate surface area is 238 Å². The molecule has 1 unspecified atom stereocenters. The minimum atomic E-state index is -4.51. The van der Waals surface area contributed by atoms with E-state index in [2.05, 4.69) is 10.1 Å². The standard InChI is InChI=1S/C29H24F4N4O4S/c1-41-21-6-8-34-25(11-21)28(38)29-14-17-15-35-37(20-4-2-19(30)3-5-20)26(17)10-18(29)7-9-36(16-29)42(39,40)22-12-23(31)27(33)24(32)13-22/h2-6,8,10-13,15,28,38H,7,9,14,16H2,1H3/t28?,29-/m0/s1. The number of fused-ring (bicyclic) bond motifs is 2. The third-order valence-corrected chi connectivity index (χ3v) is 9.71. The molecule has 2 aromatic carbocycles. The van der Waals surface area contributed by atoms with E-state index < -0.39 is 49.7 Å². The molecule has 2 atom stereocenters. The van der Waals surface area contributed by atoms with E-state index in [1.54, 1.807) is 35.1 Å². The van der Waals surface area contributed by atoms with Crippen LogP contribution in [0.3, 0.4) is 0 Å². The lowest BCUT2D eigenvalue weighted by Gasteiger charge is -2.48. The number of sulfonamides is 1. The lowest BCUT2D eigenvalue weighted by Crippen LogP contribution is -2.52. The highest BCUT2D eigenvalue weighted by molar-refractivity contribution is 7.89. The van der Waals surface area contributed by atoms with Crippen molar-refractivity contribution in [3.05, 3.63) is 107 Å². The van der Waals surface area contributed by atoms with Crippen LogP contribution in [0.5, 0.6) is 5.75 Å². The van der Waals surface area contributed by atoms with E-state index in [1.165, 1.54) is 25.4 Å². The lowest BCUT2D eigenvalue weighted by molar-refractivity contribution is 0.0186. The summed E-state index contributed by atoms with van der Waals surface area (Å²) in [6.45, 7) is -0.349. The van der Waals surface area contributed by atoms with Gasteiger partial charge in [-0.05, 0) is 66.9 Å². The molecular formula is C29H24F4N4O4S. The molecule has 0 amide bonds. The van der Waals surface area contributed by atoms with Crippen molar-refractivity contribution in [3.8, 4) is 11.4 Å². The summed E-state index contributed by atoms with van der Waals surface area (Å²) in [5.74, 6) is -5.00. The van der Waals surface area contributed by atoms with Crippen molar-refractivity contribution in [2.24, 2.45) is 5.41 Å². The van der Waals surface area contributed by atoms with E-state index in [9.17, 15) is 31.1 Å². The van der Waals surface area contributed by atoms with Crippen LogP contribution in [0.15, 0.2) is 71.4 Å². The molecule has 0 bridgehead atoms. The van der Waals surface area contributed by atoms with Gasteiger partial charge in [-0.15, -0.1) is 0 Å². The highest BCUT2D eigenvalue weighted by atomic mass is 32.2. The van der Waals surface area contributed by atoms with Gasteiger partial charge in [0.15, 0.2) is 17.5 Å². The number of piperidine rings is 1. The van der Waals surface area contributed by atoms with Gasteiger partial charge in [0.05, 0.1) is 35.3 Å². The molecule has 1 N–H and O–H groups in total. The molecule has 0 saturated carbocycles. The zero-order chi connectivity index (χ0) is 29.8. The molecule has 1 fully saturated rings. The van der Waals surface area contributed by atoms with Crippen LogP contribution in [0.2, 0.25) is 0 Å². The van der Waals surface area contributed by atoms with Crippen LogP contribution in [-0.4, -0.2) is 52.8 Å². The summed E-state index contributed by atoms with van der Waals surface area (Å²) < 4.78 is 90.5. The van der Waals surface area contributed by atoms with Crippen molar-refractivity contribution in [1.29, 1.82) is 0 Å². The monoisotopic (exact) mass is 600 g/mol. The fourth-order valence-electron chi connectivity index (χ4n) is 5.73. The third kappa shape index (κ3) is 4.57. The van der Waals surface area contributed by atoms with Crippen LogP contribution in [0.25, 0.3) is 11.8 Å². The quantitative estimate of drug-likeness (QED) is 0.257. The molecule has 1 aliphatic heterocycles. The van der Waals surface area contributed by atoms with Crippen LogP contribution >= 0.6 is 0 Å². The number of ether oxygens (including phenoxy) is 1. The Morgan fingerprint density at radius 3 is 2.45 bits per heavy atom. The number of pyridine rings is 1. The molecule has 42 heavy (non-hydrogen) atoms. The first kappa shape index (κ1) is 28.1. The number of rotatable bonds is 6. The van der Waals surface area contributed by atoms with Crippen molar-refractivity contribution < 1.29 is 35.8 Å². The maximum atomic E-state index is 14.0. The Hall–Kier alpha value is -4.07. The number of hydrogen-bond acceptors (Lipinski definition) is 6. The van der Waals surface area contributed by atoms with Crippen molar-refractivity contribution >= 4 is 16.1 Å². The Kier molecular flexibility index (Phi) is 6.90. The van der Waals surface area contributed by atoms with Crippen LogP contribution in [0.1, 0.15) is 29.5 Å². The topological polar surface area (TPSA) is 97.6 Å². The van der Waals surface area contributed by atoms with Gasteiger partial charge >= 0.3 is 0 Å². The van der Waals surface area contributed by atoms with Gasteiger partial charge in [-0.2, -0.15) is 9.40 Å². The fraction of sp³-hybridized carbons (Fsp3) is 0.241. The van der Waals surface area contributed by atoms with Crippen LogP contribution in [0, 0.1) is 28.7 Å². The first-order valence-electron chi connectivity index (χ1n) is 12.9. The van der Waals surface area contributed by atoms with Gasteiger partial charge in [-0.25, -0.2) is 30.7 Å². The number of hydrogen-bond donors (Lipinski definition) is 1. The van der Waals surface area contributed by atoms with E-state index in [0.29, 0.717) is 40.4 Å². The van der Waals surface area contributed by atoms with E-state index in [-0.39, 0.29) is 31.6 Å². The molecule has 6 rings (SSSR count). The number of benzene rings is 2. The summed E-state index contributed by atoms with van der Waals surface area (Å²) in [4.78, 5) is 3.58. The third-order valence-electron chi connectivity index (χ3n) is 7.89. The number of methoxy groups -OCH3 is 1. The molecule has 1 saturated heterocycles. The molecule has 4 aromatic rings. The largest absolute Gasteiger partial charge is 0.497 e. The van der Waals surface area contributed by atoms with Crippen molar-refractivity contribution in [2.75, 3.05) is 20.2 Å². The highest BCUT2D eigenvalue weighted by Crippen LogP contribution is 2.52. The Bertz CT molecular complexity index is 1800. The summed E-state index contributed by atoms with van der Waals surface area (Å²) in [6.07, 6.45) is 3.84. The Morgan fingerprint density at radius 1 is 1.05 bits per heavy atom.